The highest BCUT2D eigenvalue weighted by Gasteiger charge is 2.25. The van der Waals surface area contributed by atoms with E-state index in [2.05, 4.69) is 29.5 Å². The monoisotopic (exact) mass is 273 g/mol. The van der Waals surface area contributed by atoms with Gasteiger partial charge < -0.3 is 10.2 Å². The molecule has 2 heterocycles. The maximum Gasteiger partial charge on any atom is 0.244 e. The molecule has 0 unspecified atom stereocenters. The van der Waals surface area contributed by atoms with Crippen molar-refractivity contribution in [2.24, 2.45) is 0 Å². The summed E-state index contributed by atoms with van der Waals surface area (Å²) in [6.07, 6.45) is 0. The van der Waals surface area contributed by atoms with Crippen molar-refractivity contribution in [3.05, 3.63) is 24.3 Å². The number of carbonyl (C=O) groups is 1. The Morgan fingerprint density at radius 1 is 1.30 bits per heavy atom. The van der Waals surface area contributed by atoms with Gasteiger partial charge in [0.2, 0.25) is 5.91 Å². The van der Waals surface area contributed by atoms with Gasteiger partial charge in [-0.1, -0.05) is 17.3 Å². The van der Waals surface area contributed by atoms with Crippen LogP contribution in [-0.4, -0.2) is 51.0 Å². The first-order valence-corrected chi connectivity index (χ1v) is 6.95. The number of hydrogen-bond donors (Lipinski definition) is 1. The summed E-state index contributed by atoms with van der Waals surface area (Å²) in [4.78, 5) is 14.3. The van der Waals surface area contributed by atoms with Crippen LogP contribution in [0.5, 0.6) is 0 Å². The molecule has 2 aromatic rings. The SMILES string of the molecule is C[C@@H]1CN(C(=O)Cn2nnc3ccccc32)C[C@H](C)N1. The summed E-state index contributed by atoms with van der Waals surface area (Å²) in [6.45, 7) is 5.94. The Bertz CT molecular complexity index is 613. The Kier molecular flexibility index (Phi) is 3.40. The Morgan fingerprint density at radius 3 is 2.75 bits per heavy atom. The van der Waals surface area contributed by atoms with Crippen LogP contribution < -0.4 is 5.32 Å². The van der Waals surface area contributed by atoms with Crippen LogP contribution in [0.25, 0.3) is 11.0 Å². The maximum atomic E-state index is 12.4. The number of nitrogens with zero attached hydrogens (tertiary/aromatic N) is 4. The van der Waals surface area contributed by atoms with Gasteiger partial charge in [-0.3, -0.25) is 4.79 Å². The summed E-state index contributed by atoms with van der Waals surface area (Å²) in [6, 6.07) is 8.35. The molecule has 0 spiro atoms. The molecule has 3 rings (SSSR count). The zero-order valence-corrected chi connectivity index (χ0v) is 11.8. The molecule has 1 aliphatic heterocycles. The van der Waals surface area contributed by atoms with Crippen molar-refractivity contribution in [3.8, 4) is 0 Å². The molecule has 0 aliphatic carbocycles. The molecule has 1 saturated heterocycles. The second-order valence-corrected chi connectivity index (χ2v) is 5.50. The van der Waals surface area contributed by atoms with Crippen molar-refractivity contribution < 1.29 is 4.79 Å². The van der Waals surface area contributed by atoms with Gasteiger partial charge in [-0.25, -0.2) is 4.68 Å². The van der Waals surface area contributed by atoms with Gasteiger partial charge in [-0.15, -0.1) is 5.10 Å². The standard InChI is InChI=1S/C14H19N5O/c1-10-7-18(8-11(2)15-10)14(20)9-19-13-6-4-3-5-12(13)16-17-19/h3-6,10-11,15H,7-9H2,1-2H3/t10-,11+. The molecule has 0 saturated carbocycles. The van der Waals surface area contributed by atoms with Crippen molar-refractivity contribution in [1.29, 1.82) is 0 Å². The van der Waals surface area contributed by atoms with E-state index < -0.39 is 0 Å². The molecule has 0 bridgehead atoms. The van der Waals surface area contributed by atoms with Crippen LogP contribution in [0.2, 0.25) is 0 Å². The van der Waals surface area contributed by atoms with Crippen LogP contribution in [0.1, 0.15) is 13.8 Å². The fraction of sp³-hybridized carbons (Fsp3) is 0.500. The van der Waals surface area contributed by atoms with Gasteiger partial charge >= 0.3 is 0 Å². The highest BCUT2D eigenvalue weighted by Crippen LogP contribution is 2.11. The smallest absolute Gasteiger partial charge is 0.244 e. The van der Waals surface area contributed by atoms with Gasteiger partial charge in [0.25, 0.3) is 0 Å². The van der Waals surface area contributed by atoms with Crippen molar-refractivity contribution >= 4 is 16.9 Å². The lowest BCUT2D eigenvalue weighted by molar-refractivity contribution is -0.133. The molecule has 1 amide bonds. The first-order chi connectivity index (χ1) is 9.63. The highest BCUT2D eigenvalue weighted by atomic mass is 16.2. The molecule has 1 N–H and O–H groups in total. The minimum Gasteiger partial charge on any atom is -0.338 e. The van der Waals surface area contributed by atoms with E-state index in [1.54, 1.807) is 4.68 Å². The quantitative estimate of drug-likeness (QED) is 0.872. The zero-order valence-electron chi connectivity index (χ0n) is 11.8. The number of para-hydroxylation sites is 1. The second-order valence-electron chi connectivity index (χ2n) is 5.50. The Hall–Kier alpha value is -1.95. The summed E-state index contributed by atoms with van der Waals surface area (Å²) in [7, 11) is 0. The maximum absolute atomic E-state index is 12.4. The third-order valence-electron chi connectivity index (χ3n) is 3.62. The number of hydrogen-bond acceptors (Lipinski definition) is 4. The molecule has 6 heteroatoms. The normalized spacial score (nSPS) is 23.2. The van der Waals surface area contributed by atoms with E-state index in [4.69, 9.17) is 0 Å². The van der Waals surface area contributed by atoms with Gasteiger partial charge in [0.1, 0.15) is 12.1 Å². The Labute approximate surface area is 117 Å². The number of amides is 1. The van der Waals surface area contributed by atoms with Crippen LogP contribution in [0.15, 0.2) is 24.3 Å². The van der Waals surface area contributed by atoms with E-state index in [1.807, 2.05) is 29.2 Å². The highest BCUT2D eigenvalue weighted by molar-refractivity contribution is 5.80. The van der Waals surface area contributed by atoms with Crippen LogP contribution in [0.3, 0.4) is 0 Å². The molecule has 1 aliphatic rings. The van der Waals surface area contributed by atoms with E-state index in [-0.39, 0.29) is 12.5 Å². The molecule has 20 heavy (non-hydrogen) atoms. The lowest BCUT2D eigenvalue weighted by Gasteiger charge is -2.36. The van der Waals surface area contributed by atoms with E-state index in [9.17, 15) is 4.79 Å². The summed E-state index contributed by atoms with van der Waals surface area (Å²) >= 11 is 0. The zero-order chi connectivity index (χ0) is 14.1. The van der Waals surface area contributed by atoms with Crippen LogP contribution in [0, 0.1) is 0 Å². The minimum atomic E-state index is 0.0980. The molecule has 6 nitrogen and oxygen atoms in total. The van der Waals surface area contributed by atoms with Gasteiger partial charge in [0.15, 0.2) is 0 Å². The molecule has 2 atom stereocenters. The number of fused-ring (bicyclic) bond motifs is 1. The number of nitrogens with one attached hydrogen (secondary N) is 1. The second kappa shape index (κ2) is 5.20. The van der Waals surface area contributed by atoms with E-state index in [1.165, 1.54) is 0 Å². The average Bonchev–Trinajstić information content (AvgIpc) is 2.81. The molecule has 1 aromatic heterocycles. The van der Waals surface area contributed by atoms with E-state index in [0.717, 1.165) is 24.1 Å². The first kappa shape index (κ1) is 13.1. The number of carbonyl (C=O) groups excluding carboxylic acids is 1. The van der Waals surface area contributed by atoms with Crippen LogP contribution in [0.4, 0.5) is 0 Å². The Balaban J connectivity index is 1.75. The van der Waals surface area contributed by atoms with E-state index >= 15 is 0 Å². The summed E-state index contributed by atoms with van der Waals surface area (Å²) in [5, 5.41) is 11.6. The molecular weight excluding hydrogens is 254 g/mol. The lowest BCUT2D eigenvalue weighted by atomic mass is 10.1. The lowest BCUT2D eigenvalue weighted by Crippen LogP contribution is -2.56. The van der Waals surface area contributed by atoms with Gasteiger partial charge in [0.05, 0.1) is 5.52 Å². The number of rotatable bonds is 2. The number of piperazine rings is 1. The minimum absolute atomic E-state index is 0.0980. The largest absolute Gasteiger partial charge is 0.338 e. The average molecular weight is 273 g/mol. The third kappa shape index (κ3) is 2.51. The number of benzene rings is 1. The first-order valence-electron chi connectivity index (χ1n) is 6.95. The van der Waals surface area contributed by atoms with Crippen molar-refractivity contribution in [2.45, 2.75) is 32.5 Å². The van der Waals surface area contributed by atoms with Gasteiger partial charge in [0, 0.05) is 25.2 Å². The Morgan fingerprint density at radius 2 is 2.00 bits per heavy atom. The predicted octanol–water partition coefficient (Wildman–Crippen LogP) is 0.640. The third-order valence-corrected chi connectivity index (χ3v) is 3.62. The van der Waals surface area contributed by atoms with Crippen LogP contribution in [-0.2, 0) is 11.3 Å². The van der Waals surface area contributed by atoms with Gasteiger partial charge in [-0.2, -0.15) is 0 Å². The predicted molar refractivity (Wildman–Crippen MR) is 76.2 cm³/mol. The number of aromatic nitrogens is 3. The summed E-state index contributed by atoms with van der Waals surface area (Å²) < 4.78 is 1.68. The molecule has 1 aromatic carbocycles. The molecule has 1 fully saturated rings. The van der Waals surface area contributed by atoms with E-state index in [0.29, 0.717) is 12.1 Å². The van der Waals surface area contributed by atoms with Crippen LogP contribution >= 0.6 is 0 Å². The molecule has 106 valence electrons. The summed E-state index contributed by atoms with van der Waals surface area (Å²) in [5.41, 5.74) is 1.72. The fourth-order valence-corrected chi connectivity index (χ4v) is 2.79. The van der Waals surface area contributed by atoms with Crippen molar-refractivity contribution in [1.82, 2.24) is 25.2 Å². The molecular formula is C14H19N5O. The topological polar surface area (TPSA) is 63.1 Å². The fourth-order valence-electron chi connectivity index (χ4n) is 2.79. The van der Waals surface area contributed by atoms with Gasteiger partial charge in [-0.05, 0) is 26.0 Å². The van der Waals surface area contributed by atoms with Crippen molar-refractivity contribution in [2.75, 3.05) is 13.1 Å². The van der Waals surface area contributed by atoms with Crippen molar-refractivity contribution in [3.63, 3.8) is 0 Å². The summed E-state index contributed by atoms with van der Waals surface area (Å²) in [5.74, 6) is 0.0980. The molecule has 0 radical (unpaired) electrons.